The summed E-state index contributed by atoms with van der Waals surface area (Å²) >= 11 is 0. The highest BCUT2D eigenvalue weighted by atomic mass is 16.6. The standard InChI is InChI=1S/C12H18O6/c1-4-6-17-12(15)9(3)7-10(13)18-8-11(14)16-5-2/h3-8H2,1-2H3. The average molecular weight is 258 g/mol. The van der Waals surface area contributed by atoms with Gasteiger partial charge in [0.05, 0.1) is 19.6 Å². The van der Waals surface area contributed by atoms with Gasteiger partial charge in [-0.25, -0.2) is 9.59 Å². The average Bonchev–Trinajstić information content (AvgIpc) is 2.33. The van der Waals surface area contributed by atoms with Gasteiger partial charge in [-0.3, -0.25) is 4.79 Å². The molecule has 0 aliphatic carbocycles. The van der Waals surface area contributed by atoms with Crippen molar-refractivity contribution in [1.82, 2.24) is 0 Å². The fourth-order valence-electron chi connectivity index (χ4n) is 0.936. The second kappa shape index (κ2) is 9.21. The van der Waals surface area contributed by atoms with Gasteiger partial charge in [0, 0.05) is 5.57 Å². The SMILES string of the molecule is C=C(CC(=O)OCC(=O)OCC)C(=O)OCCC. The molecule has 0 rings (SSSR count). The number of carbonyl (C=O) groups is 3. The Bertz CT molecular complexity index is 321. The van der Waals surface area contributed by atoms with E-state index in [1.165, 1.54) is 0 Å². The Morgan fingerprint density at radius 2 is 1.67 bits per heavy atom. The van der Waals surface area contributed by atoms with Crippen molar-refractivity contribution >= 4 is 17.9 Å². The van der Waals surface area contributed by atoms with Crippen LogP contribution in [0, 0.1) is 0 Å². The maximum absolute atomic E-state index is 11.3. The Labute approximate surface area is 106 Å². The molecule has 0 N–H and O–H groups in total. The van der Waals surface area contributed by atoms with Crippen LogP contribution in [0.2, 0.25) is 0 Å². The van der Waals surface area contributed by atoms with E-state index in [9.17, 15) is 14.4 Å². The van der Waals surface area contributed by atoms with Gasteiger partial charge < -0.3 is 14.2 Å². The number of carbonyl (C=O) groups excluding carboxylic acids is 3. The molecule has 0 fully saturated rings. The molecule has 18 heavy (non-hydrogen) atoms. The Morgan fingerprint density at radius 3 is 2.22 bits per heavy atom. The molecule has 0 unspecified atom stereocenters. The minimum Gasteiger partial charge on any atom is -0.463 e. The third kappa shape index (κ3) is 7.43. The van der Waals surface area contributed by atoms with Crippen molar-refractivity contribution in [3.8, 4) is 0 Å². The summed E-state index contributed by atoms with van der Waals surface area (Å²) in [7, 11) is 0. The highest BCUT2D eigenvalue weighted by molar-refractivity contribution is 5.93. The monoisotopic (exact) mass is 258 g/mol. The van der Waals surface area contributed by atoms with Crippen molar-refractivity contribution in [2.75, 3.05) is 19.8 Å². The summed E-state index contributed by atoms with van der Waals surface area (Å²) in [4.78, 5) is 33.4. The zero-order chi connectivity index (χ0) is 14.0. The van der Waals surface area contributed by atoms with Crippen molar-refractivity contribution in [2.24, 2.45) is 0 Å². The molecule has 0 aromatic heterocycles. The first-order valence-corrected chi connectivity index (χ1v) is 5.67. The van der Waals surface area contributed by atoms with Crippen LogP contribution in [0.5, 0.6) is 0 Å². The smallest absolute Gasteiger partial charge is 0.344 e. The van der Waals surface area contributed by atoms with Crippen LogP contribution in [0.4, 0.5) is 0 Å². The lowest BCUT2D eigenvalue weighted by Gasteiger charge is -2.06. The maximum Gasteiger partial charge on any atom is 0.344 e. The van der Waals surface area contributed by atoms with Gasteiger partial charge in [0.25, 0.3) is 0 Å². The molecule has 0 aliphatic rings. The van der Waals surface area contributed by atoms with Crippen molar-refractivity contribution in [2.45, 2.75) is 26.7 Å². The molecule has 0 saturated heterocycles. The van der Waals surface area contributed by atoms with Crippen LogP contribution in [0.1, 0.15) is 26.7 Å². The second-order valence-electron chi connectivity index (χ2n) is 3.38. The van der Waals surface area contributed by atoms with Crippen molar-refractivity contribution in [3.63, 3.8) is 0 Å². The number of esters is 3. The van der Waals surface area contributed by atoms with Gasteiger partial charge >= 0.3 is 17.9 Å². The van der Waals surface area contributed by atoms with Gasteiger partial charge in [-0.2, -0.15) is 0 Å². The summed E-state index contributed by atoms with van der Waals surface area (Å²) in [6.07, 6.45) is 0.383. The van der Waals surface area contributed by atoms with Gasteiger partial charge in [0.2, 0.25) is 0 Å². The van der Waals surface area contributed by atoms with E-state index in [0.717, 1.165) is 0 Å². The van der Waals surface area contributed by atoms with E-state index in [-0.39, 0.29) is 25.2 Å². The molecule has 0 aromatic carbocycles. The zero-order valence-corrected chi connectivity index (χ0v) is 10.7. The first-order valence-electron chi connectivity index (χ1n) is 5.67. The third-order valence-electron chi connectivity index (χ3n) is 1.74. The molecule has 0 aromatic rings. The number of ether oxygens (including phenoxy) is 3. The lowest BCUT2D eigenvalue weighted by atomic mass is 10.2. The Hall–Kier alpha value is -1.85. The number of rotatable bonds is 8. The van der Waals surface area contributed by atoms with E-state index in [1.807, 2.05) is 6.92 Å². The second-order valence-corrected chi connectivity index (χ2v) is 3.38. The van der Waals surface area contributed by atoms with Crippen LogP contribution in [-0.4, -0.2) is 37.7 Å². The molecule has 0 bridgehead atoms. The predicted octanol–water partition coefficient (Wildman–Crippen LogP) is 0.992. The number of hydrogen-bond acceptors (Lipinski definition) is 6. The third-order valence-corrected chi connectivity index (χ3v) is 1.74. The van der Waals surface area contributed by atoms with Gasteiger partial charge in [-0.1, -0.05) is 13.5 Å². The summed E-state index contributed by atoms with van der Waals surface area (Å²) in [6, 6.07) is 0. The van der Waals surface area contributed by atoms with E-state index in [4.69, 9.17) is 4.74 Å². The molecule has 6 heteroatoms. The Morgan fingerprint density at radius 1 is 1.00 bits per heavy atom. The van der Waals surface area contributed by atoms with Gasteiger partial charge in [-0.15, -0.1) is 0 Å². The summed E-state index contributed by atoms with van der Waals surface area (Å²) in [6.45, 7) is 6.93. The summed E-state index contributed by atoms with van der Waals surface area (Å²) < 4.78 is 13.9. The van der Waals surface area contributed by atoms with Crippen molar-refractivity contribution < 1.29 is 28.6 Å². The van der Waals surface area contributed by atoms with Crippen LogP contribution in [0.3, 0.4) is 0 Å². The van der Waals surface area contributed by atoms with Crippen LogP contribution >= 0.6 is 0 Å². The minimum atomic E-state index is -0.721. The van der Waals surface area contributed by atoms with E-state index >= 15 is 0 Å². The molecule has 0 radical (unpaired) electrons. The summed E-state index contributed by atoms with van der Waals surface area (Å²) in [5.41, 5.74) is -0.00249. The maximum atomic E-state index is 11.3. The van der Waals surface area contributed by atoms with E-state index in [2.05, 4.69) is 16.1 Å². The first-order chi connectivity index (χ1) is 8.51. The van der Waals surface area contributed by atoms with E-state index in [0.29, 0.717) is 6.42 Å². The largest absolute Gasteiger partial charge is 0.463 e. The fourth-order valence-corrected chi connectivity index (χ4v) is 0.936. The molecule has 102 valence electrons. The topological polar surface area (TPSA) is 78.9 Å². The van der Waals surface area contributed by atoms with Crippen LogP contribution in [0.15, 0.2) is 12.2 Å². The van der Waals surface area contributed by atoms with Crippen LogP contribution < -0.4 is 0 Å². The summed E-state index contributed by atoms with van der Waals surface area (Å²) in [5.74, 6) is -1.99. The van der Waals surface area contributed by atoms with Crippen LogP contribution in [0.25, 0.3) is 0 Å². The van der Waals surface area contributed by atoms with Crippen LogP contribution in [-0.2, 0) is 28.6 Å². The first kappa shape index (κ1) is 16.1. The highest BCUT2D eigenvalue weighted by Gasteiger charge is 2.15. The molecule has 0 saturated carbocycles. The Balaban J connectivity index is 3.90. The van der Waals surface area contributed by atoms with Crippen molar-refractivity contribution in [3.05, 3.63) is 12.2 Å². The normalized spacial score (nSPS) is 9.44. The molecule has 0 amide bonds. The molecule has 6 nitrogen and oxygen atoms in total. The lowest BCUT2D eigenvalue weighted by Crippen LogP contribution is -2.18. The lowest BCUT2D eigenvalue weighted by molar-refractivity contribution is -0.158. The fraction of sp³-hybridized carbons (Fsp3) is 0.583. The molecule has 0 aliphatic heterocycles. The molecular weight excluding hydrogens is 240 g/mol. The zero-order valence-electron chi connectivity index (χ0n) is 10.7. The minimum absolute atomic E-state index is 0.00249. The van der Waals surface area contributed by atoms with Gasteiger partial charge in [0.1, 0.15) is 0 Å². The number of hydrogen-bond donors (Lipinski definition) is 0. The van der Waals surface area contributed by atoms with Gasteiger partial charge in [0.15, 0.2) is 6.61 Å². The Kier molecular flexibility index (Phi) is 8.26. The quantitative estimate of drug-likeness (QED) is 0.367. The van der Waals surface area contributed by atoms with Gasteiger partial charge in [-0.05, 0) is 13.3 Å². The van der Waals surface area contributed by atoms with E-state index in [1.54, 1.807) is 6.92 Å². The van der Waals surface area contributed by atoms with Crippen molar-refractivity contribution in [1.29, 1.82) is 0 Å². The molecule has 0 heterocycles. The highest BCUT2D eigenvalue weighted by Crippen LogP contribution is 2.03. The predicted molar refractivity (Wildman–Crippen MR) is 62.6 cm³/mol. The molecule has 0 spiro atoms. The summed E-state index contributed by atoms with van der Waals surface area (Å²) in [5, 5.41) is 0. The van der Waals surface area contributed by atoms with E-state index < -0.39 is 24.5 Å². The molecule has 0 atom stereocenters. The molecular formula is C12H18O6.